The van der Waals surface area contributed by atoms with Crippen molar-refractivity contribution < 1.29 is 0 Å². The molecule has 1 aromatic rings. The highest BCUT2D eigenvalue weighted by Gasteiger charge is 2.28. The van der Waals surface area contributed by atoms with E-state index < -0.39 is 0 Å². The Labute approximate surface area is 146 Å². The SMILES string of the molecule is CC(C)NC1=NC2C(=CN1)CC(c1c(Cl)cccc1Cl)=CN2C. The predicted molar refractivity (Wildman–Crippen MR) is 97.5 cm³/mol. The third-order valence-corrected chi connectivity index (χ3v) is 4.46. The van der Waals surface area contributed by atoms with E-state index in [9.17, 15) is 0 Å². The van der Waals surface area contributed by atoms with Gasteiger partial charge in [-0.05, 0) is 37.1 Å². The molecular weight excluding hydrogens is 331 g/mol. The second-order valence-corrected chi connectivity index (χ2v) is 6.92. The van der Waals surface area contributed by atoms with Crippen molar-refractivity contribution in [3.05, 3.63) is 51.8 Å². The van der Waals surface area contributed by atoms with Gasteiger partial charge in [-0.3, -0.25) is 0 Å². The molecule has 2 heterocycles. The molecule has 0 radical (unpaired) electrons. The van der Waals surface area contributed by atoms with Crippen LogP contribution in [0, 0.1) is 0 Å². The number of benzene rings is 1. The molecule has 2 N–H and O–H groups in total. The summed E-state index contributed by atoms with van der Waals surface area (Å²) in [6.07, 6.45) is 4.87. The van der Waals surface area contributed by atoms with Crippen molar-refractivity contribution >= 4 is 34.7 Å². The van der Waals surface area contributed by atoms with Gasteiger partial charge in [-0.1, -0.05) is 29.3 Å². The second-order valence-electron chi connectivity index (χ2n) is 6.11. The summed E-state index contributed by atoms with van der Waals surface area (Å²) < 4.78 is 0. The van der Waals surface area contributed by atoms with E-state index in [1.165, 1.54) is 5.57 Å². The van der Waals surface area contributed by atoms with E-state index in [2.05, 4.69) is 35.6 Å². The van der Waals surface area contributed by atoms with Crippen LogP contribution >= 0.6 is 23.2 Å². The summed E-state index contributed by atoms with van der Waals surface area (Å²) in [5.74, 6) is 0.799. The van der Waals surface area contributed by atoms with Gasteiger partial charge in [-0.15, -0.1) is 0 Å². The van der Waals surface area contributed by atoms with Crippen LogP contribution in [0.1, 0.15) is 25.8 Å². The minimum Gasteiger partial charge on any atom is -0.355 e. The summed E-state index contributed by atoms with van der Waals surface area (Å²) in [5.41, 5.74) is 3.19. The van der Waals surface area contributed by atoms with E-state index in [-0.39, 0.29) is 6.17 Å². The third kappa shape index (κ3) is 3.33. The average molecular weight is 351 g/mol. The van der Waals surface area contributed by atoms with Crippen molar-refractivity contribution in [2.75, 3.05) is 7.05 Å². The zero-order valence-corrected chi connectivity index (χ0v) is 14.9. The van der Waals surface area contributed by atoms with Crippen LogP contribution in [-0.4, -0.2) is 30.1 Å². The summed E-state index contributed by atoms with van der Waals surface area (Å²) >= 11 is 12.7. The fourth-order valence-electron chi connectivity index (χ4n) is 2.86. The first-order valence-corrected chi connectivity index (χ1v) is 8.38. The molecule has 1 atom stereocenters. The molecule has 0 saturated carbocycles. The van der Waals surface area contributed by atoms with Crippen LogP contribution in [0.25, 0.3) is 5.57 Å². The fourth-order valence-corrected chi connectivity index (χ4v) is 3.51. The maximum absolute atomic E-state index is 6.35. The molecule has 0 bridgehead atoms. The highest BCUT2D eigenvalue weighted by molar-refractivity contribution is 6.37. The predicted octanol–water partition coefficient (Wildman–Crippen LogP) is 3.84. The first-order valence-electron chi connectivity index (χ1n) is 7.62. The Hall–Kier alpha value is -1.65. The van der Waals surface area contributed by atoms with E-state index >= 15 is 0 Å². The molecule has 122 valence electrons. The minimum absolute atomic E-state index is 0.00233. The van der Waals surface area contributed by atoms with Gasteiger partial charge in [0, 0.05) is 47.5 Å². The van der Waals surface area contributed by atoms with Gasteiger partial charge in [0.2, 0.25) is 0 Å². The number of hydrogen-bond acceptors (Lipinski definition) is 4. The van der Waals surface area contributed by atoms with Gasteiger partial charge in [0.15, 0.2) is 5.96 Å². The Morgan fingerprint density at radius 1 is 1.30 bits per heavy atom. The molecule has 2 aliphatic rings. The Morgan fingerprint density at radius 3 is 2.65 bits per heavy atom. The molecule has 4 nitrogen and oxygen atoms in total. The van der Waals surface area contributed by atoms with Crippen LogP contribution in [0.3, 0.4) is 0 Å². The molecule has 0 fully saturated rings. The summed E-state index contributed by atoms with van der Waals surface area (Å²) in [5, 5.41) is 7.87. The number of rotatable bonds is 2. The summed E-state index contributed by atoms with van der Waals surface area (Å²) in [4.78, 5) is 6.83. The van der Waals surface area contributed by atoms with Crippen LogP contribution in [0.4, 0.5) is 0 Å². The maximum atomic E-state index is 6.35. The van der Waals surface area contributed by atoms with Crippen molar-refractivity contribution in [3.8, 4) is 0 Å². The standard InChI is InChI=1S/C17H20Cl2N4/c1-10(2)21-17-20-8-11-7-12(9-23(3)16(11)22-17)15-13(18)5-4-6-14(15)19/h4-6,8-10,16H,7H2,1-3H3,(H2,20,21,22). The first kappa shape index (κ1) is 16.2. The van der Waals surface area contributed by atoms with Crippen LogP contribution in [-0.2, 0) is 0 Å². The summed E-state index contributed by atoms with van der Waals surface area (Å²) in [6.45, 7) is 4.18. The lowest BCUT2D eigenvalue weighted by Gasteiger charge is -2.35. The van der Waals surface area contributed by atoms with Gasteiger partial charge >= 0.3 is 0 Å². The number of nitrogens with one attached hydrogen (secondary N) is 2. The smallest absolute Gasteiger partial charge is 0.197 e. The van der Waals surface area contributed by atoms with Crippen molar-refractivity contribution in [2.45, 2.75) is 32.5 Å². The van der Waals surface area contributed by atoms with Crippen LogP contribution in [0.2, 0.25) is 10.0 Å². The third-order valence-electron chi connectivity index (χ3n) is 3.83. The minimum atomic E-state index is 0.00233. The number of likely N-dealkylation sites (N-methyl/N-ethyl adjacent to an activating group) is 1. The van der Waals surface area contributed by atoms with Crippen molar-refractivity contribution in [3.63, 3.8) is 0 Å². The summed E-state index contributed by atoms with van der Waals surface area (Å²) in [7, 11) is 2.02. The number of hydrogen-bond donors (Lipinski definition) is 2. The molecule has 1 unspecified atom stereocenters. The van der Waals surface area contributed by atoms with Crippen LogP contribution in [0.5, 0.6) is 0 Å². The zero-order chi connectivity index (χ0) is 16.6. The van der Waals surface area contributed by atoms with Crippen molar-refractivity contribution in [1.82, 2.24) is 15.5 Å². The Kier molecular flexibility index (Phi) is 4.55. The van der Waals surface area contributed by atoms with Gasteiger partial charge in [-0.2, -0.15) is 0 Å². The summed E-state index contributed by atoms with van der Waals surface area (Å²) in [6, 6.07) is 5.93. The zero-order valence-electron chi connectivity index (χ0n) is 13.4. The number of nitrogens with zero attached hydrogens (tertiary/aromatic N) is 2. The molecule has 3 rings (SSSR count). The second kappa shape index (κ2) is 6.46. The molecule has 0 aliphatic carbocycles. The normalized spacial score (nSPS) is 20.3. The maximum Gasteiger partial charge on any atom is 0.197 e. The Balaban J connectivity index is 1.91. The molecule has 0 aromatic heterocycles. The van der Waals surface area contributed by atoms with Gasteiger partial charge in [-0.25, -0.2) is 4.99 Å². The quantitative estimate of drug-likeness (QED) is 0.851. The number of aliphatic imine (C=N–C) groups is 1. The highest BCUT2D eigenvalue weighted by atomic mass is 35.5. The molecule has 2 aliphatic heterocycles. The topological polar surface area (TPSA) is 39.7 Å². The molecule has 0 saturated heterocycles. The highest BCUT2D eigenvalue weighted by Crippen LogP contribution is 2.38. The van der Waals surface area contributed by atoms with E-state index in [0.717, 1.165) is 23.5 Å². The first-order chi connectivity index (χ1) is 11.0. The van der Waals surface area contributed by atoms with Gasteiger partial charge in [0.05, 0.1) is 0 Å². The van der Waals surface area contributed by atoms with Gasteiger partial charge in [0.25, 0.3) is 0 Å². The molecule has 0 spiro atoms. The van der Waals surface area contributed by atoms with Crippen LogP contribution < -0.4 is 10.6 Å². The number of fused-ring (bicyclic) bond motifs is 1. The van der Waals surface area contributed by atoms with E-state index in [4.69, 9.17) is 28.2 Å². The fraction of sp³-hybridized carbons (Fsp3) is 0.353. The molecule has 1 aromatic carbocycles. The van der Waals surface area contributed by atoms with Gasteiger partial charge < -0.3 is 15.5 Å². The molecule has 6 heteroatoms. The lowest BCUT2D eigenvalue weighted by molar-refractivity contribution is 0.361. The number of allylic oxidation sites excluding steroid dienone is 1. The van der Waals surface area contributed by atoms with E-state index in [1.807, 2.05) is 31.4 Å². The Morgan fingerprint density at radius 2 is 2.00 bits per heavy atom. The Bertz CT molecular complexity index is 686. The monoisotopic (exact) mass is 350 g/mol. The van der Waals surface area contributed by atoms with Crippen LogP contribution in [0.15, 0.2) is 41.2 Å². The number of guanidine groups is 1. The molecular formula is C17H20Cl2N4. The lowest BCUT2D eigenvalue weighted by atomic mass is 9.94. The largest absolute Gasteiger partial charge is 0.355 e. The van der Waals surface area contributed by atoms with E-state index in [1.54, 1.807) is 0 Å². The molecule has 0 amide bonds. The molecule has 23 heavy (non-hydrogen) atoms. The van der Waals surface area contributed by atoms with Gasteiger partial charge in [0.1, 0.15) is 6.17 Å². The van der Waals surface area contributed by atoms with Crippen molar-refractivity contribution in [2.24, 2.45) is 4.99 Å². The van der Waals surface area contributed by atoms with Crippen molar-refractivity contribution in [1.29, 1.82) is 0 Å². The van der Waals surface area contributed by atoms with E-state index in [0.29, 0.717) is 16.1 Å². The lowest BCUT2D eigenvalue weighted by Crippen LogP contribution is -2.45. The number of halogens is 2. The average Bonchev–Trinajstić information content (AvgIpc) is 2.47.